The molecule has 6 nitrogen and oxygen atoms in total. The highest BCUT2D eigenvalue weighted by Gasteiger charge is 2.27. The number of anilines is 1. The molecule has 1 unspecified atom stereocenters. The fourth-order valence-electron chi connectivity index (χ4n) is 3.47. The zero-order valence-electron chi connectivity index (χ0n) is 18.1. The molecule has 3 aromatic rings. The first kappa shape index (κ1) is 22.7. The molecule has 1 N–H and O–H groups in total. The molecule has 1 heterocycles. The first-order chi connectivity index (χ1) is 14.8. The summed E-state index contributed by atoms with van der Waals surface area (Å²) >= 11 is 3.39. The molecule has 0 aliphatic carbocycles. The molecule has 0 aliphatic rings. The zero-order chi connectivity index (χ0) is 22.5. The average Bonchev–Trinajstić information content (AvgIpc) is 2.73. The van der Waals surface area contributed by atoms with E-state index in [9.17, 15) is 9.59 Å². The van der Waals surface area contributed by atoms with Gasteiger partial charge in [-0.2, -0.15) is 5.10 Å². The molecule has 0 saturated heterocycles. The standard InChI is InChI=1S/C24H26BrN3O3/c1-15(2)22(23(29)26-20-10-8-19(25)9-11-20)28-24(30)18(12-16(3)27-28)13-17-6-5-7-21(14-17)31-4/h5-12,14-15,22H,13H2,1-4H3,(H,26,29). The van der Waals surface area contributed by atoms with E-state index in [-0.39, 0.29) is 17.4 Å². The van der Waals surface area contributed by atoms with Gasteiger partial charge in [-0.15, -0.1) is 0 Å². The van der Waals surface area contributed by atoms with Gasteiger partial charge in [0, 0.05) is 22.1 Å². The molecule has 0 radical (unpaired) electrons. The van der Waals surface area contributed by atoms with Gasteiger partial charge < -0.3 is 10.1 Å². The third kappa shape index (κ3) is 5.61. The molecule has 0 saturated carbocycles. The molecular formula is C24H26BrN3O3. The Morgan fingerprint density at radius 2 is 1.87 bits per heavy atom. The van der Waals surface area contributed by atoms with Gasteiger partial charge in [-0.25, -0.2) is 4.68 Å². The van der Waals surface area contributed by atoms with Crippen LogP contribution in [0.3, 0.4) is 0 Å². The highest BCUT2D eigenvalue weighted by molar-refractivity contribution is 9.10. The van der Waals surface area contributed by atoms with Gasteiger partial charge in [-0.3, -0.25) is 9.59 Å². The van der Waals surface area contributed by atoms with Gasteiger partial charge in [-0.1, -0.05) is 41.9 Å². The van der Waals surface area contributed by atoms with Crippen LogP contribution in [0.25, 0.3) is 0 Å². The Hall–Kier alpha value is -2.93. The number of nitrogens with zero attached hydrogens (tertiary/aromatic N) is 2. The van der Waals surface area contributed by atoms with Gasteiger partial charge in [0.1, 0.15) is 11.8 Å². The summed E-state index contributed by atoms with van der Waals surface area (Å²) in [6, 6.07) is 16.0. The van der Waals surface area contributed by atoms with E-state index >= 15 is 0 Å². The second-order valence-corrected chi connectivity index (χ2v) is 8.69. The molecule has 1 atom stereocenters. The van der Waals surface area contributed by atoms with Crippen molar-refractivity contribution in [2.45, 2.75) is 33.2 Å². The number of carbonyl (C=O) groups excluding carboxylic acids is 1. The highest BCUT2D eigenvalue weighted by Crippen LogP contribution is 2.21. The Kier molecular flexibility index (Phi) is 7.28. The summed E-state index contributed by atoms with van der Waals surface area (Å²) < 4.78 is 7.53. The van der Waals surface area contributed by atoms with E-state index in [0.29, 0.717) is 23.4 Å². The summed E-state index contributed by atoms with van der Waals surface area (Å²) in [5, 5.41) is 7.32. The first-order valence-corrected chi connectivity index (χ1v) is 10.9. The molecular weight excluding hydrogens is 458 g/mol. The Balaban J connectivity index is 1.95. The highest BCUT2D eigenvalue weighted by atomic mass is 79.9. The summed E-state index contributed by atoms with van der Waals surface area (Å²) in [7, 11) is 1.61. The van der Waals surface area contributed by atoms with Crippen LogP contribution in [0.2, 0.25) is 0 Å². The van der Waals surface area contributed by atoms with Crippen LogP contribution in [0.15, 0.2) is 63.9 Å². The minimum atomic E-state index is -0.736. The van der Waals surface area contributed by atoms with E-state index in [0.717, 1.165) is 15.8 Å². The maximum absolute atomic E-state index is 13.3. The average molecular weight is 484 g/mol. The maximum Gasteiger partial charge on any atom is 0.271 e. The van der Waals surface area contributed by atoms with Crippen molar-refractivity contribution >= 4 is 27.5 Å². The SMILES string of the molecule is COc1cccc(Cc2cc(C)nn(C(C(=O)Nc3ccc(Br)cc3)C(C)C)c2=O)c1. The van der Waals surface area contributed by atoms with Crippen LogP contribution in [-0.4, -0.2) is 22.8 Å². The number of amides is 1. The lowest BCUT2D eigenvalue weighted by Gasteiger charge is -2.22. The van der Waals surface area contributed by atoms with Gasteiger partial charge in [0.2, 0.25) is 5.91 Å². The monoisotopic (exact) mass is 483 g/mol. The summed E-state index contributed by atoms with van der Waals surface area (Å²) in [6.07, 6.45) is 0.429. The quantitative estimate of drug-likeness (QED) is 0.526. The van der Waals surface area contributed by atoms with E-state index in [1.807, 2.05) is 57.2 Å². The van der Waals surface area contributed by atoms with Gasteiger partial charge >= 0.3 is 0 Å². The number of aromatic nitrogens is 2. The number of nitrogens with one attached hydrogen (secondary N) is 1. The number of rotatable bonds is 7. The number of methoxy groups -OCH3 is 1. The number of aryl methyl sites for hydroxylation is 1. The molecule has 31 heavy (non-hydrogen) atoms. The van der Waals surface area contributed by atoms with Crippen molar-refractivity contribution in [2.24, 2.45) is 5.92 Å². The lowest BCUT2D eigenvalue weighted by atomic mass is 10.0. The third-order valence-corrected chi connectivity index (χ3v) is 5.46. The Labute approximate surface area is 190 Å². The topological polar surface area (TPSA) is 73.2 Å². The summed E-state index contributed by atoms with van der Waals surface area (Å²) in [5.74, 6) is 0.328. The number of carbonyl (C=O) groups is 1. The van der Waals surface area contributed by atoms with Crippen LogP contribution < -0.4 is 15.6 Å². The van der Waals surface area contributed by atoms with Crippen molar-refractivity contribution in [3.05, 3.63) is 86.2 Å². The molecule has 3 rings (SSSR count). The number of hydrogen-bond donors (Lipinski definition) is 1. The maximum atomic E-state index is 13.3. The molecule has 7 heteroatoms. The van der Waals surface area contributed by atoms with Crippen LogP contribution >= 0.6 is 15.9 Å². The van der Waals surface area contributed by atoms with Crippen molar-refractivity contribution in [1.82, 2.24) is 9.78 Å². The van der Waals surface area contributed by atoms with Gasteiger partial charge in [0.25, 0.3) is 5.56 Å². The van der Waals surface area contributed by atoms with E-state index in [1.54, 1.807) is 25.3 Å². The summed E-state index contributed by atoms with van der Waals surface area (Å²) in [5.41, 5.74) is 2.62. The number of halogens is 1. The molecule has 1 aromatic heterocycles. The van der Waals surface area contributed by atoms with E-state index in [2.05, 4.69) is 26.3 Å². The molecule has 0 fully saturated rings. The van der Waals surface area contributed by atoms with Crippen LogP contribution in [-0.2, 0) is 11.2 Å². The Morgan fingerprint density at radius 1 is 1.16 bits per heavy atom. The minimum absolute atomic E-state index is 0.132. The van der Waals surface area contributed by atoms with Gasteiger partial charge in [-0.05, 0) is 60.9 Å². The second kappa shape index (κ2) is 9.92. The smallest absolute Gasteiger partial charge is 0.271 e. The van der Waals surface area contributed by atoms with Gasteiger partial charge in [0.15, 0.2) is 0 Å². The molecule has 1 amide bonds. The summed E-state index contributed by atoms with van der Waals surface area (Å²) in [4.78, 5) is 26.4. The normalized spacial score (nSPS) is 11.9. The number of ether oxygens (including phenoxy) is 1. The van der Waals surface area contributed by atoms with Crippen LogP contribution in [0.1, 0.15) is 36.7 Å². The first-order valence-electron chi connectivity index (χ1n) is 10.1. The van der Waals surface area contributed by atoms with Crippen LogP contribution in [0.4, 0.5) is 5.69 Å². The zero-order valence-corrected chi connectivity index (χ0v) is 19.6. The van der Waals surface area contributed by atoms with Gasteiger partial charge in [0.05, 0.1) is 12.8 Å². The van der Waals surface area contributed by atoms with E-state index in [1.165, 1.54) is 4.68 Å². The predicted molar refractivity (Wildman–Crippen MR) is 126 cm³/mol. The van der Waals surface area contributed by atoms with Crippen molar-refractivity contribution in [2.75, 3.05) is 12.4 Å². The second-order valence-electron chi connectivity index (χ2n) is 7.77. The lowest BCUT2D eigenvalue weighted by molar-refractivity contribution is -0.120. The Morgan fingerprint density at radius 3 is 2.52 bits per heavy atom. The minimum Gasteiger partial charge on any atom is -0.497 e. The lowest BCUT2D eigenvalue weighted by Crippen LogP contribution is -2.39. The number of hydrogen-bond acceptors (Lipinski definition) is 4. The van der Waals surface area contributed by atoms with Crippen LogP contribution in [0.5, 0.6) is 5.75 Å². The van der Waals surface area contributed by atoms with E-state index < -0.39 is 6.04 Å². The Bertz CT molecular complexity index is 1120. The molecule has 0 aliphatic heterocycles. The number of benzene rings is 2. The molecule has 0 spiro atoms. The summed E-state index contributed by atoms with van der Waals surface area (Å²) in [6.45, 7) is 5.64. The molecule has 2 aromatic carbocycles. The van der Waals surface area contributed by atoms with E-state index in [4.69, 9.17) is 4.74 Å². The fourth-order valence-corrected chi connectivity index (χ4v) is 3.73. The van der Waals surface area contributed by atoms with Crippen molar-refractivity contribution in [1.29, 1.82) is 0 Å². The molecule has 162 valence electrons. The largest absolute Gasteiger partial charge is 0.497 e. The third-order valence-electron chi connectivity index (χ3n) is 4.94. The predicted octanol–water partition coefficient (Wildman–Crippen LogP) is 4.75. The fraction of sp³-hybridized carbons (Fsp3) is 0.292. The van der Waals surface area contributed by atoms with Crippen LogP contribution in [0, 0.1) is 12.8 Å². The molecule has 0 bridgehead atoms. The van der Waals surface area contributed by atoms with Crippen molar-refractivity contribution in [3.63, 3.8) is 0 Å². The van der Waals surface area contributed by atoms with Crippen molar-refractivity contribution in [3.8, 4) is 5.75 Å². The van der Waals surface area contributed by atoms with Crippen molar-refractivity contribution < 1.29 is 9.53 Å².